The van der Waals surface area contributed by atoms with Crippen LogP contribution >= 0.6 is 0 Å². The van der Waals surface area contributed by atoms with E-state index >= 15 is 0 Å². The van der Waals surface area contributed by atoms with Gasteiger partial charge in [0, 0.05) is 38.1 Å². The number of nitrogens with one attached hydrogen (secondary N) is 1. The Morgan fingerprint density at radius 1 is 1.42 bits per heavy atom. The predicted molar refractivity (Wildman–Crippen MR) is 90.2 cm³/mol. The maximum absolute atomic E-state index is 12.6. The average molecular weight is 365 g/mol. The molecule has 9 heteroatoms. The Hall–Kier alpha value is -2.68. The lowest BCUT2D eigenvalue weighted by Crippen LogP contribution is -2.51. The molecule has 0 radical (unpaired) electrons. The van der Waals surface area contributed by atoms with Crippen molar-refractivity contribution in [2.75, 3.05) is 20.8 Å². The van der Waals surface area contributed by atoms with Gasteiger partial charge >= 0.3 is 5.97 Å². The molecule has 1 aromatic heterocycles. The number of methoxy groups -OCH3 is 2. The molecular formula is C17H23N3O6. The van der Waals surface area contributed by atoms with Crippen LogP contribution in [0.3, 0.4) is 0 Å². The van der Waals surface area contributed by atoms with Crippen molar-refractivity contribution in [3.05, 3.63) is 23.9 Å². The van der Waals surface area contributed by atoms with Crippen LogP contribution in [0.25, 0.3) is 0 Å². The summed E-state index contributed by atoms with van der Waals surface area (Å²) in [7, 11) is 2.69. The minimum Gasteiger partial charge on any atom is -0.481 e. The summed E-state index contributed by atoms with van der Waals surface area (Å²) < 4.78 is 9.94. The van der Waals surface area contributed by atoms with Gasteiger partial charge in [0.15, 0.2) is 0 Å². The highest BCUT2D eigenvalue weighted by Crippen LogP contribution is 2.20. The lowest BCUT2D eigenvalue weighted by Gasteiger charge is -2.24. The van der Waals surface area contributed by atoms with Crippen LogP contribution in [0.1, 0.15) is 18.9 Å². The van der Waals surface area contributed by atoms with Gasteiger partial charge in [-0.05, 0) is 6.07 Å². The van der Waals surface area contributed by atoms with Gasteiger partial charge in [-0.15, -0.1) is 0 Å². The third-order valence-electron chi connectivity index (χ3n) is 4.26. The summed E-state index contributed by atoms with van der Waals surface area (Å²) in [6, 6.07) is 1.62. The van der Waals surface area contributed by atoms with E-state index in [1.807, 2.05) is 0 Å². The third-order valence-corrected chi connectivity index (χ3v) is 4.26. The number of hydrogen-bond acceptors (Lipinski definition) is 7. The second-order valence-corrected chi connectivity index (χ2v) is 6.04. The maximum Gasteiger partial charge on any atom is 0.328 e. The number of carbonyl (C=O) groups is 3. The Morgan fingerprint density at radius 3 is 2.77 bits per heavy atom. The Kier molecular flexibility index (Phi) is 6.51. The zero-order valence-corrected chi connectivity index (χ0v) is 15.0. The SMILES string of the molecule is COC(=O)[C@@H](Cc1cccnc1OC)NC(=O)[C@@H]1C[C@@H](O)CN1C(C)=O. The van der Waals surface area contributed by atoms with Crippen LogP contribution in [-0.2, 0) is 25.5 Å². The standard InChI is InChI=1S/C17H23N3O6/c1-10(21)20-9-12(22)8-14(20)15(23)19-13(17(24)26-3)7-11-5-4-6-18-16(11)25-2/h4-6,12-14,22H,7-9H2,1-3H3,(H,19,23)/t12-,13-,14+/m1/s1. The van der Waals surface area contributed by atoms with Gasteiger partial charge in [0.1, 0.15) is 12.1 Å². The number of rotatable bonds is 6. The highest BCUT2D eigenvalue weighted by molar-refractivity contribution is 5.91. The van der Waals surface area contributed by atoms with Crippen LogP contribution in [0, 0.1) is 0 Å². The number of amides is 2. The molecule has 0 unspecified atom stereocenters. The molecule has 9 nitrogen and oxygen atoms in total. The van der Waals surface area contributed by atoms with Crippen LogP contribution in [0.5, 0.6) is 5.88 Å². The zero-order valence-electron chi connectivity index (χ0n) is 15.0. The molecule has 2 rings (SSSR count). The number of pyridine rings is 1. The molecule has 3 atom stereocenters. The molecule has 142 valence electrons. The first-order valence-electron chi connectivity index (χ1n) is 8.18. The number of aliphatic hydroxyl groups is 1. The number of carbonyl (C=O) groups excluding carboxylic acids is 3. The number of likely N-dealkylation sites (tertiary alicyclic amines) is 1. The second kappa shape index (κ2) is 8.61. The fourth-order valence-electron chi connectivity index (χ4n) is 3.00. The van der Waals surface area contributed by atoms with E-state index in [0.29, 0.717) is 11.4 Å². The fourth-order valence-corrected chi connectivity index (χ4v) is 3.00. The maximum atomic E-state index is 12.6. The zero-order chi connectivity index (χ0) is 19.3. The first kappa shape index (κ1) is 19.6. The molecule has 1 aliphatic heterocycles. The Labute approximate surface area is 151 Å². The molecule has 0 spiro atoms. The summed E-state index contributed by atoms with van der Waals surface area (Å²) >= 11 is 0. The lowest BCUT2D eigenvalue weighted by atomic mass is 10.1. The van der Waals surface area contributed by atoms with Gasteiger partial charge in [0.25, 0.3) is 0 Å². The van der Waals surface area contributed by atoms with Crippen molar-refractivity contribution in [3.63, 3.8) is 0 Å². The van der Waals surface area contributed by atoms with E-state index in [4.69, 9.17) is 9.47 Å². The molecule has 2 heterocycles. The molecule has 2 amide bonds. The minimum absolute atomic E-state index is 0.0900. The molecule has 1 aromatic rings. The first-order chi connectivity index (χ1) is 12.4. The van der Waals surface area contributed by atoms with Crippen molar-refractivity contribution in [1.82, 2.24) is 15.2 Å². The van der Waals surface area contributed by atoms with Crippen molar-refractivity contribution in [2.24, 2.45) is 0 Å². The molecule has 0 bridgehead atoms. The number of ether oxygens (including phenoxy) is 2. The van der Waals surface area contributed by atoms with Crippen molar-refractivity contribution in [1.29, 1.82) is 0 Å². The Morgan fingerprint density at radius 2 is 2.15 bits per heavy atom. The van der Waals surface area contributed by atoms with E-state index in [-0.39, 0.29) is 25.3 Å². The van der Waals surface area contributed by atoms with Crippen molar-refractivity contribution >= 4 is 17.8 Å². The van der Waals surface area contributed by atoms with Crippen LogP contribution in [0.2, 0.25) is 0 Å². The summed E-state index contributed by atoms with van der Waals surface area (Å²) in [6.07, 6.45) is 1.02. The normalized spacial score (nSPS) is 20.4. The largest absolute Gasteiger partial charge is 0.481 e. The van der Waals surface area contributed by atoms with E-state index in [1.54, 1.807) is 18.3 Å². The second-order valence-electron chi connectivity index (χ2n) is 6.04. The first-order valence-corrected chi connectivity index (χ1v) is 8.18. The summed E-state index contributed by atoms with van der Waals surface area (Å²) in [5, 5.41) is 12.4. The van der Waals surface area contributed by atoms with Crippen LogP contribution in [0.4, 0.5) is 0 Å². The third kappa shape index (κ3) is 4.48. The van der Waals surface area contributed by atoms with Crippen LogP contribution < -0.4 is 10.1 Å². The molecular weight excluding hydrogens is 342 g/mol. The van der Waals surface area contributed by atoms with Gasteiger partial charge in [-0.3, -0.25) is 9.59 Å². The van der Waals surface area contributed by atoms with Gasteiger partial charge in [0.05, 0.1) is 20.3 Å². The highest BCUT2D eigenvalue weighted by Gasteiger charge is 2.39. The molecule has 0 aliphatic carbocycles. The summed E-state index contributed by atoms with van der Waals surface area (Å²) in [6.45, 7) is 1.42. The predicted octanol–water partition coefficient (Wildman–Crippen LogP) is -0.728. The lowest BCUT2D eigenvalue weighted by molar-refractivity contribution is -0.146. The molecule has 1 fully saturated rings. The highest BCUT2D eigenvalue weighted by atomic mass is 16.5. The smallest absolute Gasteiger partial charge is 0.328 e. The average Bonchev–Trinajstić information content (AvgIpc) is 3.03. The topological polar surface area (TPSA) is 118 Å². The monoisotopic (exact) mass is 365 g/mol. The number of aromatic nitrogens is 1. The molecule has 0 saturated carbocycles. The number of β-amino-alcohol motifs (C(OH)–C–C–N with tert-alkyl or cyclic N) is 1. The minimum atomic E-state index is -0.975. The number of aliphatic hydroxyl groups excluding tert-OH is 1. The van der Waals surface area contributed by atoms with Gasteiger partial charge in [0.2, 0.25) is 17.7 Å². The van der Waals surface area contributed by atoms with E-state index in [1.165, 1.54) is 26.0 Å². The Bertz CT molecular complexity index is 680. The molecule has 1 aliphatic rings. The van der Waals surface area contributed by atoms with E-state index in [0.717, 1.165) is 0 Å². The summed E-state index contributed by atoms with van der Waals surface area (Å²) in [5.41, 5.74) is 0.626. The van der Waals surface area contributed by atoms with Crippen LogP contribution in [0.15, 0.2) is 18.3 Å². The number of hydrogen-bond donors (Lipinski definition) is 2. The van der Waals surface area contributed by atoms with Gasteiger partial charge in [-0.25, -0.2) is 9.78 Å². The number of esters is 1. The van der Waals surface area contributed by atoms with Crippen molar-refractivity contribution in [2.45, 2.75) is 38.0 Å². The van der Waals surface area contributed by atoms with E-state index in [2.05, 4.69) is 10.3 Å². The van der Waals surface area contributed by atoms with Gasteiger partial charge in [-0.2, -0.15) is 0 Å². The van der Waals surface area contributed by atoms with Gasteiger partial charge < -0.3 is 24.8 Å². The van der Waals surface area contributed by atoms with E-state index < -0.39 is 30.1 Å². The number of nitrogens with zero attached hydrogens (tertiary/aromatic N) is 2. The van der Waals surface area contributed by atoms with E-state index in [9.17, 15) is 19.5 Å². The summed E-state index contributed by atoms with van der Waals surface area (Å²) in [4.78, 5) is 41.8. The Balaban J connectivity index is 2.16. The van der Waals surface area contributed by atoms with Crippen molar-refractivity contribution < 1.29 is 29.0 Å². The molecule has 1 saturated heterocycles. The van der Waals surface area contributed by atoms with Gasteiger partial charge in [-0.1, -0.05) is 6.07 Å². The quantitative estimate of drug-likeness (QED) is 0.638. The molecule has 0 aromatic carbocycles. The van der Waals surface area contributed by atoms with Crippen molar-refractivity contribution in [3.8, 4) is 5.88 Å². The summed E-state index contributed by atoms with van der Waals surface area (Å²) in [5.74, 6) is -1.12. The molecule has 2 N–H and O–H groups in total. The molecule has 26 heavy (non-hydrogen) atoms. The van der Waals surface area contributed by atoms with Crippen LogP contribution in [-0.4, -0.2) is 71.7 Å². The fraction of sp³-hybridized carbons (Fsp3) is 0.529.